The average molecular weight is 280 g/mol. The summed E-state index contributed by atoms with van der Waals surface area (Å²) in [6, 6.07) is 9.02. The molecule has 0 saturated carbocycles. The summed E-state index contributed by atoms with van der Waals surface area (Å²) in [4.78, 5) is 11.2. The van der Waals surface area contributed by atoms with E-state index in [0.29, 0.717) is 11.3 Å². The van der Waals surface area contributed by atoms with Gasteiger partial charge in [-0.1, -0.05) is 17.7 Å². The molecule has 0 aliphatic heterocycles. The van der Waals surface area contributed by atoms with Crippen molar-refractivity contribution >= 4 is 23.1 Å². The molecule has 0 aliphatic carbocycles. The number of benzene rings is 2. The van der Waals surface area contributed by atoms with Crippen molar-refractivity contribution in [1.82, 2.24) is 0 Å². The minimum atomic E-state index is -0.640. The molecule has 0 radical (unpaired) electrons. The lowest BCUT2D eigenvalue weighted by Crippen LogP contribution is -2.00. The molecule has 3 nitrogen and oxygen atoms in total. The lowest BCUT2D eigenvalue weighted by molar-refractivity contribution is 0.101. The largest absolute Gasteiger partial charge is 0.454 e. The predicted molar refractivity (Wildman–Crippen MR) is 72.3 cm³/mol. The smallest absolute Gasteiger partial charge is 0.184 e. The summed E-state index contributed by atoms with van der Waals surface area (Å²) in [7, 11) is 0. The van der Waals surface area contributed by atoms with Gasteiger partial charge in [0.1, 0.15) is 5.75 Å². The maximum absolute atomic E-state index is 13.7. The first kappa shape index (κ1) is 13.4. The molecule has 0 fully saturated rings. The van der Waals surface area contributed by atoms with Gasteiger partial charge in [-0.2, -0.15) is 0 Å². The van der Waals surface area contributed by atoms with Crippen molar-refractivity contribution in [2.24, 2.45) is 0 Å². The number of rotatable bonds is 3. The van der Waals surface area contributed by atoms with Gasteiger partial charge in [-0.05, 0) is 31.2 Å². The molecule has 0 heterocycles. The van der Waals surface area contributed by atoms with Gasteiger partial charge in [-0.3, -0.25) is 4.79 Å². The second kappa shape index (κ2) is 5.28. The molecule has 0 amide bonds. The highest BCUT2D eigenvalue weighted by Gasteiger charge is 2.10. The molecule has 0 spiro atoms. The summed E-state index contributed by atoms with van der Waals surface area (Å²) in [5.74, 6) is -0.442. The average Bonchev–Trinajstić information content (AvgIpc) is 2.34. The maximum atomic E-state index is 13.7. The van der Waals surface area contributed by atoms with Crippen molar-refractivity contribution in [2.45, 2.75) is 6.92 Å². The van der Waals surface area contributed by atoms with Crippen LogP contribution in [0.2, 0.25) is 5.02 Å². The van der Waals surface area contributed by atoms with Crippen LogP contribution in [0.5, 0.6) is 11.5 Å². The van der Waals surface area contributed by atoms with Gasteiger partial charge in [0.15, 0.2) is 17.3 Å². The number of nitrogen functional groups attached to an aromatic ring is 1. The van der Waals surface area contributed by atoms with Crippen molar-refractivity contribution in [2.75, 3.05) is 5.73 Å². The molecule has 2 aromatic carbocycles. The fraction of sp³-hybridized carbons (Fsp3) is 0.0714. The molecule has 2 rings (SSSR count). The number of halogens is 2. The minimum absolute atomic E-state index is 0.00229. The Hall–Kier alpha value is -2.07. The van der Waals surface area contributed by atoms with E-state index in [1.165, 1.54) is 31.2 Å². The number of hydrogen-bond donors (Lipinski definition) is 1. The monoisotopic (exact) mass is 279 g/mol. The number of carbonyl (C=O) groups is 1. The summed E-state index contributed by atoms with van der Waals surface area (Å²) < 4.78 is 19.0. The Bertz CT molecular complexity index is 643. The fourth-order valence-corrected chi connectivity index (χ4v) is 1.78. The Morgan fingerprint density at radius 3 is 2.68 bits per heavy atom. The Kier molecular flexibility index (Phi) is 3.71. The van der Waals surface area contributed by atoms with E-state index < -0.39 is 5.82 Å². The molecule has 0 bridgehead atoms. The van der Waals surface area contributed by atoms with E-state index in [1.807, 2.05) is 0 Å². The first-order chi connectivity index (χ1) is 8.99. The van der Waals surface area contributed by atoms with Crippen molar-refractivity contribution in [1.29, 1.82) is 0 Å². The molecule has 0 saturated heterocycles. The Labute approximate surface area is 114 Å². The van der Waals surface area contributed by atoms with Crippen LogP contribution in [0.25, 0.3) is 0 Å². The van der Waals surface area contributed by atoms with Crippen LogP contribution >= 0.6 is 11.6 Å². The summed E-state index contributed by atoms with van der Waals surface area (Å²) in [6.07, 6.45) is 0. The number of anilines is 1. The minimum Gasteiger partial charge on any atom is -0.454 e. The summed E-state index contributed by atoms with van der Waals surface area (Å²) >= 11 is 5.65. The summed E-state index contributed by atoms with van der Waals surface area (Å²) in [6.45, 7) is 1.42. The van der Waals surface area contributed by atoms with Gasteiger partial charge in [-0.25, -0.2) is 4.39 Å². The zero-order valence-corrected chi connectivity index (χ0v) is 10.9. The quantitative estimate of drug-likeness (QED) is 0.681. The van der Waals surface area contributed by atoms with Gasteiger partial charge in [-0.15, -0.1) is 0 Å². The van der Waals surface area contributed by atoms with Crippen LogP contribution < -0.4 is 10.5 Å². The van der Waals surface area contributed by atoms with Crippen molar-refractivity contribution in [3.8, 4) is 11.5 Å². The Balaban J connectivity index is 2.32. The standard InChI is InChI=1S/C14H11ClFNO2/c1-8(18)10-6-5-9(7-12(10)17)19-13-4-2-3-11(15)14(13)16/h2-7H,17H2,1H3. The molecule has 0 aromatic heterocycles. The van der Waals surface area contributed by atoms with Crippen LogP contribution in [0.15, 0.2) is 36.4 Å². The highest BCUT2D eigenvalue weighted by atomic mass is 35.5. The van der Waals surface area contributed by atoms with Crippen LogP contribution in [0.4, 0.5) is 10.1 Å². The number of nitrogens with two attached hydrogens (primary N) is 1. The molecule has 2 aromatic rings. The van der Waals surface area contributed by atoms with E-state index in [0.717, 1.165) is 0 Å². The van der Waals surface area contributed by atoms with E-state index in [1.54, 1.807) is 12.1 Å². The van der Waals surface area contributed by atoms with Crippen molar-refractivity contribution < 1.29 is 13.9 Å². The van der Waals surface area contributed by atoms with Crippen LogP contribution in [0.3, 0.4) is 0 Å². The SMILES string of the molecule is CC(=O)c1ccc(Oc2cccc(Cl)c2F)cc1N. The van der Waals surface area contributed by atoms with Crippen molar-refractivity contribution in [3.05, 3.63) is 52.8 Å². The molecule has 0 atom stereocenters. The predicted octanol–water partition coefficient (Wildman–Crippen LogP) is 4.06. The Morgan fingerprint density at radius 1 is 1.32 bits per heavy atom. The van der Waals surface area contributed by atoms with Crippen LogP contribution in [-0.2, 0) is 0 Å². The first-order valence-electron chi connectivity index (χ1n) is 5.51. The zero-order chi connectivity index (χ0) is 14.0. The lowest BCUT2D eigenvalue weighted by atomic mass is 10.1. The highest BCUT2D eigenvalue weighted by Crippen LogP contribution is 2.30. The van der Waals surface area contributed by atoms with Gasteiger partial charge in [0.05, 0.1) is 5.02 Å². The number of ether oxygens (including phenoxy) is 1. The maximum Gasteiger partial charge on any atom is 0.184 e. The van der Waals surface area contributed by atoms with Crippen LogP contribution in [0, 0.1) is 5.82 Å². The van der Waals surface area contributed by atoms with Gasteiger partial charge in [0, 0.05) is 17.3 Å². The van der Waals surface area contributed by atoms with Gasteiger partial charge in [0.2, 0.25) is 0 Å². The lowest BCUT2D eigenvalue weighted by Gasteiger charge is -2.09. The van der Waals surface area contributed by atoms with Crippen LogP contribution in [0.1, 0.15) is 17.3 Å². The normalized spacial score (nSPS) is 10.3. The number of Topliss-reactive ketones (excluding diaryl/α,β-unsaturated/α-hetero) is 1. The number of hydrogen-bond acceptors (Lipinski definition) is 3. The van der Waals surface area contributed by atoms with E-state index in [4.69, 9.17) is 22.1 Å². The van der Waals surface area contributed by atoms with Gasteiger partial charge in [0.25, 0.3) is 0 Å². The summed E-state index contributed by atoms with van der Waals surface area (Å²) in [5, 5.41) is -0.0224. The Morgan fingerprint density at radius 2 is 2.05 bits per heavy atom. The van der Waals surface area contributed by atoms with E-state index >= 15 is 0 Å². The van der Waals surface area contributed by atoms with Crippen LogP contribution in [-0.4, -0.2) is 5.78 Å². The fourth-order valence-electron chi connectivity index (χ4n) is 1.61. The number of ketones is 1. The molecular weight excluding hydrogens is 269 g/mol. The topological polar surface area (TPSA) is 52.3 Å². The molecular formula is C14H11ClFNO2. The van der Waals surface area contributed by atoms with E-state index in [-0.39, 0.29) is 22.2 Å². The van der Waals surface area contributed by atoms with Gasteiger partial charge < -0.3 is 10.5 Å². The molecule has 0 unspecified atom stereocenters. The molecule has 2 N–H and O–H groups in total. The third-order valence-corrected chi connectivity index (χ3v) is 2.84. The van der Waals surface area contributed by atoms with E-state index in [9.17, 15) is 9.18 Å². The second-order valence-electron chi connectivity index (χ2n) is 3.96. The second-order valence-corrected chi connectivity index (χ2v) is 4.37. The molecule has 0 aliphatic rings. The molecule has 5 heteroatoms. The highest BCUT2D eigenvalue weighted by molar-refractivity contribution is 6.30. The zero-order valence-electron chi connectivity index (χ0n) is 10.1. The summed E-state index contributed by atoms with van der Waals surface area (Å²) in [5.41, 5.74) is 6.41. The third kappa shape index (κ3) is 2.85. The van der Waals surface area contributed by atoms with Crippen molar-refractivity contribution in [3.63, 3.8) is 0 Å². The number of carbonyl (C=O) groups excluding carboxylic acids is 1. The first-order valence-corrected chi connectivity index (χ1v) is 5.89. The van der Waals surface area contributed by atoms with E-state index in [2.05, 4.69) is 0 Å². The molecule has 19 heavy (non-hydrogen) atoms. The third-order valence-electron chi connectivity index (χ3n) is 2.55. The molecule has 98 valence electrons. The van der Waals surface area contributed by atoms with Gasteiger partial charge >= 0.3 is 0 Å².